The molecule has 0 saturated carbocycles. The summed E-state index contributed by atoms with van der Waals surface area (Å²) in [6.45, 7) is 5.90. The number of piperidine rings is 1. The van der Waals surface area contributed by atoms with Crippen molar-refractivity contribution in [2.45, 2.75) is 65.3 Å². The Hall–Kier alpha value is -1.69. The standard InChI is InChI=1S/C22H30FNO3S/c1-4-22(2,3)19(25)20(26)24-13-6-5-12-18(24)21(27)28-14-8-10-16-9-7-11-17(23)15-16/h7,9,11,15,18H,4-6,8,10,12-14H2,1-3H3. The number of ketones is 1. The average molecular weight is 408 g/mol. The highest BCUT2D eigenvalue weighted by Crippen LogP contribution is 2.27. The number of amides is 1. The molecule has 1 amide bonds. The number of hydrogen-bond donors (Lipinski definition) is 0. The first kappa shape index (κ1) is 22.6. The van der Waals surface area contributed by atoms with Crippen molar-refractivity contribution in [1.82, 2.24) is 4.90 Å². The highest BCUT2D eigenvalue weighted by molar-refractivity contribution is 8.13. The predicted octanol–water partition coefficient (Wildman–Crippen LogP) is 4.40. The molecule has 0 bridgehead atoms. The van der Waals surface area contributed by atoms with E-state index in [1.165, 1.54) is 28.8 Å². The Labute approximate surface area is 171 Å². The zero-order valence-electron chi connectivity index (χ0n) is 17.0. The molecule has 2 rings (SSSR count). The van der Waals surface area contributed by atoms with Gasteiger partial charge >= 0.3 is 0 Å². The van der Waals surface area contributed by atoms with Gasteiger partial charge in [-0.05, 0) is 56.2 Å². The number of hydrogen-bond acceptors (Lipinski definition) is 4. The van der Waals surface area contributed by atoms with Crippen LogP contribution in [0.5, 0.6) is 0 Å². The quantitative estimate of drug-likeness (QED) is 0.473. The summed E-state index contributed by atoms with van der Waals surface area (Å²) in [6, 6.07) is 5.96. The Morgan fingerprint density at radius 2 is 2.00 bits per heavy atom. The highest BCUT2D eigenvalue weighted by atomic mass is 32.2. The second-order valence-electron chi connectivity index (χ2n) is 7.98. The van der Waals surface area contributed by atoms with Crippen LogP contribution in [0.15, 0.2) is 24.3 Å². The average Bonchev–Trinajstić information content (AvgIpc) is 2.70. The number of nitrogens with zero attached hydrogens (tertiary/aromatic N) is 1. The number of carbonyl (C=O) groups is 3. The van der Waals surface area contributed by atoms with Gasteiger partial charge in [0.2, 0.25) is 10.9 Å². The fourth-order valence-electron chi connectivity index (χ4n) is 3.24. The Kier molecular flexibility index (Phi) is 8.23. The molecule has 0 N–H and O–H groups in total. The molecule has 0 radical (unpaired) electrons. The van der Waals surface area contributed by atoms with Gasteiger partial charge in [0.25, 0.3) is 5.91 Å². The Morgan fingerprint density at radius 1 is 1.25 bits per heavy atom. The molecule has 0 spiro atoms. The van der Waals surface area contributed by atoms with Crippen molar-refractivity contribution < 1.29 is 18.8 Å². The molecular formula is C22H30FNO3S. The fourth-order valence-corrected chi connectivity index (χ4v) is 4.17. The summed E-state index contributed by atoms with van der Waals surface area (Å²) in [4.78, 5) is 39.5. The summed E-state index contributed by atoms with van der Waals surface area (Å²) >= 11 is 1.21. The molecule has 1 heterocycles. The Balaban J connectivity index is 1.90. The van der Waals surface area contributed by atoms with Crippen molar-refractivity contribution in [2.75, 3.05) is 12.3 Å². The first-order chi connectivity index (χ1) is 13.3. The van der Waals surface area contributed by atoms with Crippen LogP contribution < -0.4 is 0 Å². The lowest BCUT2D eigenvalue weighted by molar-refractivity contribution is -0.152. The monoisotopic (exact) mass is 407 g/mol. The molecule has 28 heavy (non-hydrogen) atoms. The lowest BCUT2D eigenvalue weighted by Gasteiger charge is -2.35. The molecule has 1 aromatic rings. The SMILES string of the molecule is CCC(C)(C)C(=O)C(=O)N1CCCCC1C(=O)SCCCc1cccc(F)c1. The molecule has 1 saturated heterocycles. The normalized spacial score (nSPS) is 17.4. The van der Waals surface area contributed by atoms with Crippen LogP contribution in [0.4, 0.5) is 4.39 Å². The summed E-state index contributed by atoms with van der Waals surface area (Å²) in [7, 11) is 0. The fraction of sp³-hybridized carbons (Fsp3) is 0.591. The smallest absolute Gasteiger partial charge is 0.291 e. The third-order valence-electron chi connectivity index (χ3n) is 5.47. The van der Waals surface area contributed by atoms with Crippen LogP contribution in [-0.4, -0.2) is 40.0 Å². The van der Waals surface area contributed by atoms with Gasteiger partial charge in [-0.15, -0.1) is 0 Å². The van der Waals surface area contributed by atoms with Gasteiger partial charge in [0.15, 0.2) is 0 Å². The second-order valence-corrected chi connectivity index (χ2v) is 9.08. The van der Waals surface area contributed by atoms with Gasteiger partial charge in [-0.3, -0.25) is 14.4 Å². The van der Waals surface area contributed by atoms with Gasteiger partial charge in [0, 0.05) is 17.7 Å². The molecule has 154 valence electrons. The van der Waals surface area contributed by atoms with Crippen molar-refractivity contribution >= 4 is 28.6 Å². The van der Waals surface area contributed by atoms with Crippen LogP contribution in [0.1, 0.15) is 58.4 Å². The highest BCUT2D eigenvalue weighted by Gasteiger charge is 2.39. The van der Waals surface area contributed by atoms with E-state index in [0.717, 1.165) is 24.8 Å². The van der Waals surface area contributed by atoms with E-state index in [-0.39, 0.29) is 10.9 Å². The maximum atomic E-state index is 13.2. The van der Waals surface area contributed by atoms with E-state index in [1.807, 2.05) is 13.0 Å². The van der Waals surface area contributed by atoms with E-state index < -0.39 is 23.1 Å². The Bertz CT molecular complexity index is 719. The number of aryl methyl sites for hydroxylation is 1. The number of halogens is 1. The van der Waals surface area contributed by atoms with Crippen LogP contribution in [0.3, 0.4) is 0 Å². The zero-order chi connectivity index (χ0) is 20.7. The number of Topliss-reactive ketones (excluding diaryl/α,β-unsaturated/α-hetero) is 1. The van der Waals surface area contributed by atoms with Gasteiger partial charge in [-0.2, -0.15) is 0 Å². The summed E-state index contributed by atoms with van der Waals surface area (Å²) in [6.07, 6.45) is 4.35. The van der Waals surface area contributed by atoms with Gasteiger partial charge in [-0.25, -0.2) is 4.39 Å². The van der Waals surface area contributed by atoms with Crippen molar-refractivity contribution in [3.05, 3.63) is 35.6 Å². The van der Waals surface area contributed by atoms with E-state index in [4.69, 9.17) is 0 Å². The zero-order valence-corrected chi connectivity index (χ0v) is 17.8. The van der Waals surface area contributed by atoms with Crippen LogP contribution >= 0.6 is 11.8 Å². The predicted molar refractivity (Wildman–Crippen MR) is 111 cm³/mol. The minimum atomic E-state index is -0.708. The summed E-state index contributed by atoms with van der Waals surface area (Å²) in [5.41, 5.74) is 0.204. The third-order valence-corrected chi connectivity index (χ3v) is 6.52. The summed E-state index contributed by atoms with van der Waals surface area (Å²) in [5.74, 6) is -0.573. The van der Waals surface area contributed by atoms with E-state index >= 15 is 0 Å². The molecular weight excluding hydrogens is 377 g/mol. The van der Waals surface area contributed by atoms with Gasteiger partial charge < -0.3 is 4.90 Å². The van der Waals surface area contributed by atoms with Crippen molar-refractivity contribution in [1.29, 1.82) is 0 Å². The molecule has 0 aliphatic carbocycles. The molecule has 1 aliphatic heterocycles. The molecule has 1 aromatic carbocycles. The number of carbonyl (C=O) groups excluding carboxylic acids is 3. The minimum absolute atomic E-state index is 0.0469. The number of thioether (sulfide) groups is 1. The van der Waals surface area contributed by atoms with E-state index in [1.54, 1.807) is 19.9 Å². The Morgan fingerprint density at radius 3 is 2.68 bits per heavy atom. The van der Waals surface area contributed by atoms with Crippen LogP contribution in [0, 0.1) is 11.2 Å². The largest absolute Gasteiger partial charge is 0.325 e. The van der Waals surface area contributed by atoms with Crippen LogP contribution in [-0.2, 0) is 20.8 Å². The molecule has 1 atom stereocenters. The minimum Gasteiger partial charge on any atom is -0.325 e. The van der Waals surface area contributed by atoms with Gasteiger partial charge in [-0.1, -0.05) is 44.7 Å². The van der Waals surface area contributed by atoms with E-state index in [0.29, 0.717) is 31.6 Å². The van der Waals surface area contributed by atoms with Crippen molar-refractivity contribution in [3.8, 4) is 0 Å². The van der Waals surface area contributed by atoms with Crippen LogP contribution in [0.2, 0.25) is 0 Å². The van der Waals surface area contributed by atoms with E-state index in [2.05, 4.69) is 0 Å². The maximum absolute atomic E-state index is 13.2. The van der Waals surface area contributed by atoms with Crippen molar-refractivity contribution in [3.63, 3.8) is 0 Å². The van der Waals surface area contributed by atoms with Crippen LogP contribution in [0.25, 0.3) is 0 Å². The van der Waals surface area contributed by atoms with Gasteiger partial charge in [0.05, 0.1) is 0 Å². The van der Waals surface area contributed by atoms with E-state index in [9.17, 15) is 18.8 Å². The summed E-state index contributed by atoms with van der Waals surface area (Å²) in [5, 5.41) is -0.0469. The number of benzene rings is 1. The molecule has 1 aliphatic rings. The number of likely N-dealkylation sites (tertiary alicyclic amines) is 1. The summed E-state index contributed by atoms with van der Waals surface area (Å²) < 4.78 is 13.2. The molecule has 6 heteroatoms. The first-order valence-electron chi connectivity index (χ1n) is 10.0. The maximum Gasteiger partial charge on any atom is 0.291 e. The first-order valence-corrected chi connectivity index (χ1v) is 11.0. The van der Waals surface area contributed by atoms with Gasteiger partial charge in [0.1, 0.15) is 11.9 Å². The van der Waals surface area contributed by atoms with Crippen molar-refractivity contribution in [2.24, 2.45) is 5.41 Å². The molecule has 0 aromatic heterocycles. The molecule has 1 fully saturated rings. The molecule has 1 unspecified atom stereocenters. The lowest BCUT2D eigenvalue weighted by atomic mass is 9.84. The molecule has 4 nitrogen and oxygen atoms in total. The second kappa shape index (κ2) is 10.2. The lowest BCUT2D eigenvalue weighted by Crippen LogP contribution is -2.52. The topological polar surface area (TPSA) is 54.5 Å². The third kappa shape index (κ3) is 5.90. The number of rotatable bonds is 8.